The molecular weight excluding hydrogens is 448 g/mol. The molecule has 2 fully saturated rings. The summed E-state index contributed by atoms with van der Waals surface area (Å²) in [5.74, 6) is 1.14. The van der Waals surface area contributed by atoms with E-state index in [0.29, 0.717) is 29.0 Å². The monoisotopic (exact) mass is 472 g/mol. The van der Waals surface area contributed by atoms with Crippen LogP contribution in [0.4, 0.5) is 17.2 Å². The van der Waals surface area contributed by atoms with Crippen molar-refractivity contribution in [1.82, 2.24) is 14.4 Å². The number of rotatable bonds is 7. The van der Waals surface area contributed by atoms with Crippen LogP contribution in [0.25, 0.3) is 5.65 Å². The highest BCUT2D eigenvalue weighted by Gasteiger charge is 2.45. The Hall–Kier alpha value is -3.58. The molecule has 2 saturated carbocycles. The highest BCUT2D eigenvalue weighted by atomic mass is 35.5. The maximum Gasteiger partial charge on any atom is 0.229 e. The first kappa shape index (κ1) is 21.0. The minimum atomic E-state index is -0.127. The number of hydrogen-bond acceptors (Lipinski definition) is 5. The van der Waals surface area contributed by atoms with Gasteiger partial charge in [-0.2, -0.15) is 0 Å². The van der Waals surface area contributed by atoms with Crippen LogP contribution >= 0.6 is 11.6 Å². The molecule has 3 aromatic heterocycles. The third kappa shape index (κ3) is 4.31. The molecule has 1 aromatic carbocycles. The van der Waals surface area contributed by atoms with Crippen LogP contribution in [0.15, 0.2) is 61.1 Å². The number of fused-ring (bicyclic) bond motifs is 1. The van der Waals surface area contributed by atoms with Crippen molar-refractivity contribution in [1.29, 1.82) is 0 Å². The van der Waals surface area contributed by atoms with Gasteiger partial charge in [-0.05, 0) is 72.6 Å². The molecule has 0 radical (unpaired) electrons. The highest BCUT2D eigenvalue weighted by Crippen LogP contribution is 2.50. The van der Waals surface area contributed by atoms with Gasteiger partial charge in [0.2, 0.25) is 5.91 Å². The van der Waals surface area contributed by atoms with E-state index in [1.54, 1.807) is 18.3 Å². The third-order valence-electron chi connectivity index (χ3n) is 6.63. The molecule has 2 aliphatic carbocycles. The minimum Gasteiger partial charge on any atom is -0.398 e. The van der Waals surface area contributed by atoms with Gasteiger partial charge >= 0.3 is 0 Å². The van der Waals surface area contributed by atoms with Crippen LogP contribution in [-0.4, -0.2) is 20.3 Å². The molecule has 0 spiro atoms. The fraction of sp³-hybridized carbons (Fsp3) is 0.269. The normalized spacial score (nSPS) is 19.2. The van der Waals surface area contributed by atoms with E-state index in [2.05, 4.69) is 44.5 Å². The molecule has 8 heteroatoms. The number of carbonyl (C=O) groups excluding carboxylic acids is 1. The Balaban J connectivity index is 1.08. The number of benzene rings is 1. The van der Waals surface area contributed by atoms with E-state index in [-0.39, 0.29) is 17.7 Å². The number of nitrogens with one attached hydrogen (secondary N) is 2. The molecular formula is C26H25ClN6O. The van der Waals surface area contributed by atoms with E-state index in [0.717, 1.165) is 29.0 Å². The van der Waals surface area contributed by atoms with E-state index < -0.39 is 0 Å². The lowest BCUT2D eigenvalue weighted by Gasteiger charge is -2.09. The van der Waals surface area contributed by atoms with E-state index >= 15 is 0 Å². The molecule has 34 heavy (non-hydrogen) atoms. The first-order chi connectivity index (χ1) is 16.5. The Kier molecular flexibility index (Phi) is 5.14. The maximum atomic E-state index is 12.8. The van der Waals surface area contributed by atoms with E-state index in [4.69, 9.17) is 22.3 Å². The van der Waals surface area contributed by atoms with E-state index in [1.807, 2.05) is 18.2 Å². The summed E-state index contributed by atoms with van der Waals surface area (Å²) in [7, 11) is 0. The average molecular weight is 473 g/mol. The summed E-state index contributed by atoms with van der Waals surface area (Å²) in [5.41, 5.74) is 11.8. The molecule has 3 heterocycles. The van der Waals surface area contributed by atoms with E-state index in [9.17, 15) is 4.79 Å². The van der Waals surface area contributed by atoms with Gasteiger partial charge in [0, 0.05) is 47.0 Å². The smallest absolute Gasteiger partial charge is 0.229 e. The molecule has 0 bridgehead atoms. The van der Waals surface area contributed by atoms with E-state index in [1.165, 1.54) is 18.4 Å². The van der Waals surface area contributed by atoms with Gasteiger partial charge < -0.3 is 20.8 Å². The molecule has 0 aliphatic heterocycles. The zero-order valence-corrected chi connectivity index (χ0v) is 19.3. The van der Waals surface area contributed by atoms with Crippen LogP contribution < -0.4 is 16.4 Å². The van der Waals surface area contributed by atoms with Gasteiger partial charge in [-0.25, -0.2) is 9.97 Å². The van der Waals surface area contributed by atoms with Gasteiger partial charge in [-0.15, -0.1) is 0 Å². The second-order valence-electron chi connectivity index (χ2n) is 9.23. The Morgan fingerprint density at radius 1 is 1.15 bits per heavy atom. The summed E-state index contributed by atoms with van der Waals surface area (Å²) in [6, 6.07) is 13.4. The Morgan fingerprint density at radius 3 is 2.88 bits per heavy atom. The second-order valence-corrected chi connectivity index (χ2v) is 9.67. The first-order valence-electron chi connectivity index (χ1n) is 11.6. The summed E-state index contributed by atoms with van der Waals surface area (Å²) < 4.78 is 2.10. The predicted octanol–water partition coefficient (Wildman–Crippen LogP) is 5.20. The van der Waals surface area contributed by atoms with Crippen molar-refractivity contribution < 1.29 is 4.79 Å². The summed E-state index contributed by atoms with van der Waals surface area (Å²) in [6.07, 6.45) is 9.25. The fourth-order valence-electron chi connectivity index (χ4n) is 4.52. The van der Waals surface area contributed by atoms with Crippen LogP contribution in [0.2, 0.25) is 5.02 Å². The minimum absolute atomic E-state index is 0.0548. The van der Waals surface area contributed by atoms with Gasteiger partial charge in [0.05, 0.1) is 12.2 Å². The molecule has 1 amide bonds. The molecule has 172 valence electrons. The number of amides is 1. The molecule has 6 rings (SSSR count). The standard InChI is InChI=1S/C26H25ClN6O/c27-17-4-5-23(28)21(9-17)20-11-22(20)26(34)32-24-10-18(7-8-29-24)30-12-19-14-33-13-16(15-1-2-15)3-6-25(33)31-19/h3-10,13-15,20,22H,1-2,11-12,28H2,(H2,29,30,32,34). The van der Waals surface area contributed by atoms with Crippen LogP contribution in [0.3, 0.4) is 0 Å². The van der Waals surface area contributed by atoms with Gasteiger partial charge in [-0.1, -0.05) is 17.7 Å². The van der Waals surface area contributed by atoms with Crippen molar-refractivity contribution in [2.45, 2.75) is 37.6 Å². The summed E-state index contributed by atoms with van der Waals surface area (Å²) in [6.45, 7) is 0.580. The lowest BCUT2D eigenvalue weighted by atomic mass is 10.1. The van der Waals surface area contributed by atoms with Crippen LogP contribution in [-0.2, 0) is 11.3 Å². The van der Waals surface area contributed by atoms with Crippen molar-refractivity contribution in [3.05, 3.63) is 82.9 Å². The topological polar surface area (TPSA) is 97.3 Å². The largest absolute Gasteiger partial charge is 0.398 e. The van der Waals surface area contributed by atoms with Crippen molar-refractivity contribution in [3.63, 3.8) is 0 Å². The van der Waals surface area contributed by atoms with Crippen molar-refractivity contribution in [2.24, 2.45) is 5.92 Å². The first-order valence-corrected chi connectivity index (χ1v) is 11.9. The Morgan fingerprint density at radius 2 is 2.03 bits per heavy atom. The lowest BCUT2D eigenvalue weighted by Crippen LogP contribution is -2.16. The predicted molar refractivity (Wildman–Crippen MR) is 134 cm³/mol. The quantitative estimate of drug-likeness (QED) is 0.321. The van der Waals surface area contributed by atoms with Crippen molar-refractivity contribution in [2.75, 3.05) is 16.4 Å². The summed E-state index contributed by atoms with van der Waals surface area (Å²) >= 11 is 6.10. The van der Waals surface area contributed by atoms with Crippen LogP contribution in [0.5, 0.6) is 0 Å². The van der Waals surface area contributed by atoms with Crippen LogP contribution in [0.1, 0.15) is 47.9 Å². The Labute approximate surface area is 202 Å². The van der Waals surface area contributed by atoms with Gasteiger partial charge in [0.1, 0.15) is 11.5 Å². The summed E-state index contributed by atoms with van der Waals surface area (Å²) in [5, 5.41) is 6.95. The fourth-order valence-corrected chi connectivity index (χ4v) is 4.70. The number of aromatic nitrogens is 3. The molecule has 2 atom stereocenters. The number of anilines is 3. The SMILES string of the molecule is Nc1ccc(Cl)cc1C1CC1C(=O)Nc1cc(NCc2cn3cc(C4CC4)ccc3n2)ccn1. The van der Waals surface area contributed by atoms with Gasteiger partial charge in [-0.3, -0.25) is 4.79 Å². The molecule has 4 N–H and O–H groups in total. The number of carbonyl (C=O) groups is 1. The number of nitrogen functional groups attached to an aromatic ring is 1. The highest BCUT2D eigenvalue weighted by molar-refractivity contribution is 6.30. The summed E-state index contributed by atoms with van der Waals surface area (Å²) in [4.78, 5) is 21.8. The molecule has 7 nitrogen and oxygen atoms in total. The molecule has 2 unspecified atom stereocenters. The molecule has 2 aliphatic rings. The molecule has 0 saturated heterocycles. The lowest BCUT2D eigenvalue weighted by molar-refractivity contribution is -0.117. The third-order valence-corrected chi connectivity index (χ3v) is 6.87. The van der Waals surface area contributed by atoms with Crippen molar-refractivity contribution >= 4 is 40.3 Å². The molecule has 4 aromatic rings. The van der Waals surface area contributed by atoms with Crippen LogP contribution in [0, 0.1) is 5.92 Å². The van der Waals surface area contributed by atoms with Gasteiger partial charge in [0.15, 0.2) is 0 Å². The number of imidazole rings is 1. The Bertz CT molecular complexity index is 1400. The zero-order chi connectivity index (χ0) is 23.2. The number of pyridine rings is 2. The number of nitrogens with two attached hydrogens (primary N) is 1. The number of halogens is 1. The average Bonchev–Trinajstić information content (AvgIpc) is 3.76. The zero-order valence-electron chi connectivity index (χ0n) is 18.5. The van der Waals surface area contributed by atoms with Crippen molar-refractivity contribution in [3.8, 4) is 0 Å². The number of hydrogen-bond donors (Lipinski definition) is 3. The van der Waals surface area contributed by atoms with Gasteiger partial charge in [0.25, 0.3) is 0 Å². The second kappa shape index (κ2) is 8.33. The maximum absolute atomic E-state index is 12.8. The number of nitrogens with zero attached hydrogens (tertiary/aromatic N) is 3.